The molecule has 1 aliphatic rings. The molecule has 0 N–H and O–H groups in total. The minimum atomic E-state index is -0.135. The van der Waals surface area contributed by atoms with Gasteiger partial charge in [0, 0.05) is 16.5 Å². The van der Waals surface area contributed by atoms with Crippen LogP contribution in [-0.2, 0) is 5.41 Å². The van der Waals surface area contributed by atoms with E-state index in [1.54, 1.807) is 6.33 Å². The summed E-state index contributed by atoms with van der Waals surface area (Å²) in [6.07, 6.45) is 1.72. The molecular weight excluding hydrogens is 340 g/mol. The minimum absolute atomic E-state index is 0.135. The van der Waals surface area contributed by atoms with Gasteiger partial charge in [-0.3, -0.25) is 0 Å². The number of rotatable bonds is 2. The summed E-state index contributed by atoms with van der Waals surface area (Å²) in [5.41, 5.74) is 8.30. The zero-order valence-electron chi connectivity index (χ0n) is 16.8. The van der Waals surface area contributed by atoms with Gasteiger partial charge >= 0.3 is 0 Å². The highest BCUT2D eigenvalue weighted by Crippen LogP contribution is 2.51. The number of hydrogen-bond acceptors (Lipinski definition) is 2. The van der Waals surface area contributed by atoms with Gasteiger partial charge < -0.3 is 0 Å². The minimum Gasteiger partial charge on any atom is -0.240 e. The molecule has 4 aromatic rings. The van der Waals surface area contributed by atoms with Crippen molar-refractivity contribution in [3.8, 4) is 22.4 Å². The summed E-state index contributed by atoms with van der Waals surface area (Å²) in [5.74, 6) is 0.524. The molecule has 1 aromatic heterocycles. The molecule has 0 saturated heterocycles. The first kappa shape index (κ1) is 17.1. The standard InChI is InChI=1S/C26H24N2/c1-16(2)17-9-11-18(12-10-17)24-23-21-13-19-7-5-6-8-20(19)14-22(21)26(3,4)25(23)28-15-27-24/h5-16H,1-4H3. The topological polar surface area (TPSA) is 25.8 Å². The Morgan fingerprint density at radius 2 is 1.50 bits per heavy atom. The van der Waals surface area contributed by atoms with Gasteiger partial charge in [0.25, 0.3) is 0 Å². The van der Waals surface area contributed by atoms with Crippen LogP contribution >= 0.6 is 0 Å². The van der Waals surface area contributed by atoms with Crippen LogP contribution in [0.25, 0.3) is 33.2 Å². The van der Waals surface area contributed by atoms with Crippen molar-refractivity contribution in [1.29, 1.82) is 0 Å². The lowest BCUT2D eigenvalue weighted by Gasteiger charge is -2.20. The molecule has 2 heteroatoms. The predicted octanol–water partition coefficient (Wildman–Crippen LogP) is 6.73. The lowest BCUT2D eigenvalue weighted by molar-refractivity contribution is 0.635. The Bertz CT molecular complexity index is 1200. The van der Waals surface area contributed by atoms with Crippen molar-refractivity contribution in [2.24, 2.45) is 0 Å². The van der Waals surface area contributed by atoms with E-state index in [0.717, 1.165) is 17.0 Å². The van der Waals surface area contributed by atoms with E-state index >= 15 is 0 Å². The Labute approximate surface area is 166 Å². The first-order chi connectivity index (χ1) is 13.5. The molecule has 0 spiro atoms. The van der Waals surface area contributed by atoms with Crippen LogP contribution in [0.5, 0.6) is 0 Å². The van der Waals surface area contributed by atoms with E-state index < -0.39 is 0 Å². The maximum Gasteiger partial charge on any atom is 0.116 e. The highest BCUT2D eigenvalue weighted by atomic mass is 14.9. The molecule has 0 fully saturated rings. The third-order valence-electron chi connectivity index (χ3n) is 6.12. The zero-order valence-corrected chi connectivity index (χ0v) is 16.8. The molecular formula is C26H24N2. The van der Waals surface area contributed by atoms with Gasteiger partial charge in [-0.2, -0.15) is 0 Å². The molecule has 0 saturated carbocycles. The quantitative estimate of drug-likeness (QED) is 0.394. The number of nitrogens with zero attached hydrogens (tertiary/aromatic N) is 2. The molecule has 1 heterocycles. The summed E-state index contributed by atoms with van der Waals surface area (Å²) >= 11 is 0. The largest absolute Gasteiger partial charge is 0.240 e. The molecule has 0 amide bonds. The number of hydrogen-bond donors (Lipinski definition) is 0. The van der Waals surface area contributed by atoms with E-state index in [2.05, 4.69) is 88.4 Å². The smallest absolute Gasteiger partial charge is 0.116 e. The van der Waals surface area contributed by atoms with Gasteiger partial charge in [-0.25, -0.2) is 9.97 Å². The number of fused-ring (bicyclic) bond motifs is 4. The summed E-state index contributed by atoms with van der Waals surface area (Å²) in [6, 6.07) is 22.0. The van der Waals surface area contributed by atoms with Crippen molar-refractivity contribution < 1.29 is 0 Å². The van der Waals surface area contributed by atoms with E-state index in [1.165, 1.54) is 33.0 Å². The van der Waals surface area contributed by atoms with E-state index in [1.807, 2.05) is 0 Å². The van der Waals surface area contributed by atoms with Crippen molar-refractivity contribution >= 4 is 10.8 Å². The fourth-order valence-electron chi connectivity index (χ4n) is 4.45. The van der Waals surface area contributed by atoms with Crippen molar-refractivity contribution in [3.63, 3.8) is 0 Å². The fourth-order valence-corrected chi connectivity index (χ4v) is 4.45. The van der Waals surface area contributed by atoms with Crippen LogP contribution in [0.3, 0.4) is 0 Å². The molecule has 3 aromatic carbocycles. The molecule has 0 aliphatic heterocycles. The first-order valence-electron chi connectivity index (χ1n) is 9.96. The zero-order chi connectivity index (χ0) is 19.5. The van der Waals surface area contributed by atoms with Crippen LogP contribution in [-0.4, -0.2) is 9.97 Å². The SMILES string of the molecule is CC(C)c1ccc(-c2ncnc3c2-c2cc4ccccc4cc2C3(C)C)cc1. The summed E-state index contributed by atoms with van der Waals surface area (Å²) in [5, 5.41) is 2.53. The second-order valence-corrected chi connectivity index (χ2v) is 8.59. The van der Waals surface area contributed by atoms with Gasteiger partial charge in [-0.15, -0.1) is 0 Å². The molecule has 138 valence electrons. The van der Waals surface area contributed by atoms with E-state index in [-0.39, 0.29) is 5.41 Å². The Hall–Kier alpha value is -3.00. The summed E-state index contributed by atoms with van der Waals surface area (Å²) in [7, 11) is 0. The van der Waals surface area contributed by atoms with Gasteiger partial charge in [0.15, 0.2) is 0 Å². The van der Waals surface area contributed by atoms with Gasteiger partial charge in [-0.1, -0.05) is 76.2 Å². The van der Waals surface area contributed by atoms with Crippen LogP contribution in [0.15, 0.2) is 67.0 Å². The monoisotopic (exact) mass is 364 g/mol. The van der Waals surface area contributed by atoms with E-state index in [0.29, 0.717) is 5.92 Å². The van der Waals surface area contributed by atoms with E-state index in [9.17, 15) is 0 Å². The van der Waals surface area contributed by atoms with Gasteiger partial charge in [0.2, 0.25) is 0 Å². The number of aromatic nitrogens is 2. The Balaban J connectivity index is 1.78. The third-order valence-corrected chi connectivity index (χ3v) is 6.12. The lowest BCUT2D eigenvalue weighted by atomic mass is 9.84. The first-order valence-corrected chi connectivity index (χ1v) is 9.96. The average Bonchev–Trinajstić information content (AvgIpc) is 2.93. The summed E-state index contributed by atoms with van der Waals surface area (Å²) in [6.45, 7) is 8.98. The van der Waals surface area contributed by atoms with Crippen LogP contribution in [0, 0.1) is 0 Å². The lowest BCUT2D eigenvalue weighted by Crippen LogP contribution is -2.17. The van der Waals surface area contributed by atoms with Crippen LogP contribution in [0.2, 0.25) is 0 Å². The summed E-state index contributed by atoms with van der Waals surface area (Å²) in [4.78, 5) is 9.47. The Kier molecular flexibility index (Phi) is 3.67. The van der Waals surface area contributed by atoms with Crippen molar-refractivity contribution in [1.82, 2.24) is 9.97 Å². The molecule has 5 rings (SSSR count). The normalized spacial score (nSPS) is 14.3. The molecule has 0 unspecified atom stereocenters. The van der Waals surface area contributed by atoms with Gasteiger partial charge in [0.05, 0.1) is 11.4 Å². The molecule has 0 radical (unpaired) electrons. The maximum atomic E-state index is 4.74. The molecule has 28 heavy (non-hydrogen) atoms. The van der Waals surface area contributed by atoms with Crippen LogP contribution < -0.4 is 0 Å². The molecule has 2 nitrogen and oxygen atoms in total. The van der Waals surface area contributed by atoms with Crippen molar-refractivity contribution in [2.75, 3.05) is 0 Å². The third kappa shape index (κ3) is 2.41. The van der Waals surface area contributed by atoms with Crippen molar-refractivity contribution in [2.45, 2.75) is 39.0 Å². The van der Waals surface area contributed by atoms with Gasteiger partial charge in [0.1, 0.15) is 6.33 Å². The van der Waals surface area contributed by atoms with Crippen LogP contribution in [0.4, 0.5) is 0 Å². The molecule has 1 aliphatic carbocycles. The maximum absolute atomic E-state index is 4.74. The fraction of sp³-hybridized carbons (Fsp3) is 0.231. The second kappa shape index (κ2) is 6.00. The molecule has 0 bridgehead atoms. The summed E-state index contributed by atoms with van der Waals surface area (Å²) < 4.78 is 0. The van der Waals surface area contributed by atoms with E-state index in [4.69, 9.17) is 9.97 Å². The highest BCUT2D eigenvalue weighted by molar-refractivity contribution is 5.96. The van der Waals surface area contributed by atoms with Crippen LogP contribution in [0.1, 0.15) is 50.4 Å². The Morgan fingerprint density at radius 3 is 2.18 bits per heavy atom. The molecule has 0 atom stereocenters. The average molecular weight is 364 g/mol. The highest BCUT2D eigenvalue weighted by Gasteiger charge is 2.39. The Morgan fingerprint density at radius 1 is 0.821 bits per heavy atom. The number of benzene rings is 3. The van der Waals surface area contributed by atoms with Gasteiger partial charge in [-0.05, 0) is 45.5 Å². The predicted molar refractivity (Wildman–Crippen MR) is 117 cm³/mol. The van der Waals surface area contributed by atoms with Crippen molar-refractivity contribution in [3.05, 3.63) is 83.8 Å². The second-order valence-electron chi connectivity index (χ2n) is 8.59.